The molecule has 8 heteroatoms. The van der Waals surface area contributed by atoms with Gasteiger partial charge < -0.3 is 10.0 Å². The van der Waals surface area contributed by atoms with Crippen LogP contribution in [0.5, 0.6) is 0 Å². The molecule has 1 aromatic carbocycles. The van der Waals surface area contributed by atoms with Crippen molar-refractivity contribution in [2.24, 2.45) is 0 Å². The van der Waals surface area contributed by atoms with Gasteiger partial charge in [-0.3, -0.25) is 14.5 Å². The zero-order valence-corrected chi connectivity index (χ0v) is 17.2. The average molecular weight is 425 g/mol. The fraction of sp³-hybridized carbons (Fsp3) is 0.421. The number of aliphatic hydroxyl groups is 1. The third-order valence-electron chi connectivity index (χ3n) is 4.77. The van der Waals surface area contributed by atoms with Gasteiger partial charge in [-0.05, 0) is 43.4 Å². The molecular formula is C19H21ClN2O3S2. The highest BCUT2D eigenvalue weighted by Gasteiger charge is 2.36. The SMILES string of the molecule is O=C1/C(=C\c2ccccc2Cl)SC(=S)N1CC(=O)N1CCCCC1CCO. The topological polar surface area (TPSA) is 60.9 Å². The van der Waals surface area contributed by atoms with E-state index in [-0.39, 0.29) is 31.0 Å². The van der Waals surface area contributed by atoms with Crippen molar-refractivity contribution in [3.63, 3.8) is 0 Å². The molecule has 5 nitrogen and oxygen atoms in total. The lowest BCUT2D eigenvalue weighted by molar-refractivity contribution is -0.138. The van der Waals surface area contributed by atoms with Crippen LogP contribution in [0.25, 0.3) is 6.08 Å². The minimum absolute atomic E-state index is 0.0355. The molecule has 2 aliphatic heterocycles. The van der Waals surface area contributed by atoms with Crippen LogP contribution in [-0.4, -0.2) is 56.8 Å². The summed E-state index contributed by atoms with van der Waals surface area (Å²) in [5.41, 5.74) is 0.741. The second-order valence-electron chi connectivity index (χ2n) is 6.54. The van der Waals surface area contributed by atoms with E-state index >= 15 is 0 Å². The van der Waals surface area contributed by atoms with Crippen LogP contribution < -0.4 is 0 Å². The van der Waals surface area contributed by atoms with Gasteiger partial charge in [0.2, 0.25) is 5.91 Å². The third-order valence-corrected chi connectivity index (χ3v) is 6.49. The summed E-state index contributed by atoms with van der Waals surface area (Å²) in [6, 6.07) is 7.29. The van der Waals surface area contributed by atoms with Crippen LogP contribution in [0.15, 0.2) is 29.2 Å². The van der Waals surface area contributed by atoms with Gasteiger partial charge >= 0.3 is 0 Å². The van der Waals surface area contributed by atoms with Crippen LogP contribution >= 0.6 is 35.6 Å². The average Bonchev–Trinajstić information content (AvgIpc) is 2.92. The molecule has 0 radical (unpaired) electrons. The van der Waals surface area contributed by atoms with Gasteiger partial charge in [0.25, 0.3) is 5.91 Å². The van der Waals surface area contributed by atoms with Gasteiger partial charge in [0.15, 0.2) is 0 Å². The summed E-state index contributed by atoms with van der Waals surface area (Å²) >= 11 is 12.7. The summed E-state index contributed by atoms with van der Waals surface area (Å²) in [5, 5.41) is 9.79. The van der Waals surface area contributed by atoms with Gasteiger partial charge in [-0.15, -0.1) is 0 Å². The fourth-order valence-electron chi connectivity index (χ4n) is 3.37. The molecule has 0 aromatic heterocycles. The lowest BCUT2D eigenvalue weighted by Crippen LogP contribution is -2.49. The lowest BCUT2D eigenvalue weighted by Gasteiger charge is -2.36. The quantitative estimate of drug-likeness (QED) is 0.580. The Morgan fingerprint density at radius 1 is 1.37 bits per heavy atom. The Kier molecular flexibility index (Phi) is 6.92. The number of amides is 2. The summed E-state index contributed by atoms with van der Waals surface area (Å²) in [5.74, 6) is -0.391. The zero-order chi connectivity index (χ0) is 19.4. The number of hydrogen-bond donors (Lipinski definition) is 1. The third kappa shape index (κ3) is 4.71. The predicted molar refractivity (Wildman–Crippen MR) is 112 cm³/mol. The smallest absolute Gasteiger partial charge is 0.266 e. The Balaban J connectivity index is 1.72. The van der Waals surface area contributed by atoms with Crippen molar-refractivity contribution >= 4 is 57.8 Å². The maximum atomic E-state index is 12.8. The molecule has 1 atom stereocenters. The van der Waals surface area contributed by atoms with Crippen molar-refractivity contribution < 1.29 is 14.7 Å². The van der Waals surface area contributed by atoms with E-state index in [1.54, 1.807) is 17.0 Å². The summed E-state index contributed by atoms with van der Waals surface area (Å²) < 4.78 is 0.377. The van der Waals surface area contributed by atoms with Gasteiger partial charge in [-0.1, -0.05) is 53.8 Å². The highest BCUT2D eigenvalue weighted by atomic mass is 35.5. The Morgan fingerprint density at radius 3 is 2.89 bits per heavy atom. The highest BCUT2D eigenvalue weighted by Crippen LogP contribution is 2.34. The minimum Gasteiger partial charge on any atom is -0.396 e. The van der Waals surface area contributed by atoms with Crippen molar-refractivity contribution in [3.8, 4) is 0 Å². The molecule has 1 aromatic rings. The van der Waals surface area contributed by atoms with Crippen molar-refractivity contribution in [1.82, 2.24) is 9.80 Å². The van der Waals surface area contributed by atoms with Crippen LogP contribution in [-0.2, 0) is 9.59 Å². The van der Waals surface area contributed by atoms with Gasteiger partial charge in [-0.2, -0.15) is 0 Å². The van der Waals surface area contributed by atoms with Crippen molar-refractivity contribution in [1.29, 1.82) is 0 Å². The Morgan fingerprint density at radius 2 is 2.15 bits per heavy atom. The number of carbonyl (C=O) groups is 2. The van der Waals surface area contributed by atoms with E-state index in [2.05, 4.69) is 0 Å². The standard InChI is InChI=1S/C19H21ClN2O3S2/c20-15-7-2-1-5-13(15)11-16-18(25)22(19(26)27-16)12-17(24)21-9-4-3-6-14(21)8-10-23/h1-2,5,7,11,14,23H,3-4,6,8-10,12H2/b16-11+. The van der Waals surface area contributed by atoms with Gasteiger partial charge in [-0.25, -0.2) is 0 Å². The summed E-state index contributed by atoms with van der Waals surface area (Å²) in [6.45, 7) is 0.649. The van der Waals surface area contributed by atoms with E-state index in [0.29, 0.717) is 27.2 Å². The van der Waals surface area contributed by atoms with E-state index < -0.39 is 0 Å². The molecule has 27 heavy (non-hydrogen) atoms. The second kappa shape index (κ2) is 9.19. The first-order chi connectivity index (χ1) is 13.0. The van der Waals surface area contributed by atoms with Crippen LogP contribution in [0.3, 0.4) is 0 Å². The van der Waals surface area contributed by atoms with E-state index in [4.69, 9.17) is 23.8 Å². The van der Waals surface area contributed by atoms with Gasteiger partial charge in [0, 0.05) is 24.2 Å². The Hall–Kier alpha value is -1.41. The normalized spacial score (nSPS) is 22.0. The number of rotatable bonds is 5. The molecule has 0 spiro atoms. The van der Waals surface area contributed by atoms with Crippen LogP contribution in [0.1, 0.15) is 31.2 Å². The minimum atomic E-state index is -0.269. The van der Waals surface area contributed by atoms with E-state index in [0.717, 1.165) is 24.8 Å². The van der Waals surface area contributed by atoms with Crippen LogP contribution in [0.4, 0.5) is 0 Å². The first-order valence-corrected chi connectivity index (χ1v) is 10.5. The number of piperidine rings is 1. The predicted octanol–water partition coefficient (Wildman–Crippen LogP) is 3.30. The first-order valence-electron chi connectivity index (χ1n) is 8.91. The Bertz CT molecular complexity index is 782. The molecule has 0 aliphatic carbocycles. The highest BCUT2D eigenvalue weighted by molar-refractivity contribution is 8.26. The number of thioether (sulfide) groups is 1. The van der Waals surface area contributed by atoms with Crippen LogP contribution in [0.2, 0.25) is 5.02 Å². The number of likely N-dealkylation sites (tertiary alicyclic amines) is 1. The molecular weight excluding hydrogens is 404 g/mol. The number of thiocarbonyl (C=S) groups is 1. The molecule has 2 heterocycles. The van der Waals surface area contributed by atoms with Crippen LogP contribution in [0, 0.1) is 0 Å². The van der Waals surface area contributed by atoms with E-state index in [9.17, 15) is 14.7 Å². The molecule has 2 fully saturated rings. The molecule has 144 valence electrons. The lowest BCUT2D eigenvalue weighted by atomic mass is 9.99. The van der Waals surface area contributed by atoms with E-state index in [1.807, 2.05) is 18.2 Å². The number of halogens is 1. The van der Waals surface area contributed by atoms with E-state index in [1.165, 1.54) is 16.7 Å². The van der Waals surface area contributed by atoms with Crippen molar-refractivity contribution in [2.75, 3.05) is 19.7 Å². The fourth-order valence-corrected chi connectivity index (χ4v) is 4.81. The zero-order valence-electron chi connectivity index (χ0n) is 14.8. The molecule has 1 N–H and O–H groups in total. The van der Waals surface area contributed by atoms with Crippen molar-refractivity contribution in [2.45, 2.75) is 31.7 Å². The largest absolute Gasteiger partial charge is 0.396 e. The number of carbonyl (C=O) groups excluding carboxylic acids is 2. The molecule has 2 aliphatic rings. The summed E-state index contributed by atoms with van der Waals surface area (Å²) in [6.07, 6.45) is 5.16. The maximum Gasteiger partial charge on any atom is 0.266 e. The molecule has 2 amide bonds. The molecule has 1 unspecified atom stereocenters. The van der Waals surface area contributed by atoms with Gasteiger partial charge in [0.1, 0.15) is 10.9 Å². The first kappa shape index (κ1) is 20.3. The van der Waals surface area contributed by atoms with Crippen molar-refractivity contribution in [3.05, 3.63) is 39.8 Å². The molecule has 0 saturated carbocycles. The molecule has 3 rings (SSSR count). The summed E-state index contributed by atoms with van der Waals surface area (Å²) in [4.78, 5) is 29.2. The summed E-state index contributed by atoms with van der Waals surface area (Å²) in [7, 11) is 0. The number of benzene rings is 1. The number of nitrogens with zero attached hydrogens (tertiary/aromatic N) is 2. The number of aliphatic hydroxyl groups excluding tert-OH is 1. The molecule has 2 saturated heterocycles. The second-order valence-corrected chi connectivity index (χ2v) is 8.62. The number of hydrogen-bond acceptors (Lipinski definition) is 5. The molecule has 0 bridgehead atoms. The van der Waals surface area contributed by atoms with Gasteiger partial charge in [0.05, 0.1) is 4.91 Å². The monoisotopic (exact) mass is 424 g/mol. The maximum absolute atomic E-state index is 12.8. The Labute approximate surface area is 173 Å².